The van der Waals surface area contributed by atoms with Gasteiger partial charge in [0.2, 0.25) is 0 Å². The second kappa shape index (κ2) is 5.46. The number of hydrogen-bond acceptors (Lipinski definition) is 2. The van der Waals surface area contributed by atoms with Crippen molar-refractivity contribution < 1.29 is 0 Å². The van der Waals surface area contributed by atoms with Crippen LogP contribution in [0, 0.1) is 13.8 Å². The van der Waals surface area contributed by atoms with Crippen LogP contribution in [0.4, 0.5) is 0 Å². The highest BCUT2D eigenvalue weighted by molar-refractivity contribution is 5.31. The number of rotatable bonds is 4. The highest BCUT2D eigenvalue weighted by Gasteiger charge is 2.11. The van der Waals surface area contributed by atoms with Crippen molar-refractivity contribution in [2.45, 2.75) is 39.8 Å². The Morgan fingerprint density at radius 2 is 1.81 bits per heavy atom. The van der Waals surface area contributed by atoms with Gasteiger partial charge in [0, 0.05) is 18.6 Å². The molecule has 0 radical (unpaired) electrons. The highest BCUT2D eigenvalue weighted by atomic mass is 15.1. The first-order valence-corrected chi connectivity index (χ1v) is 5.94. The van der Waals surface area contributed by atoms with Gasteiger partial charge in [0.05, 0.1) is 0 Å². The van der Waals surface area contributed by atoms with Crippen LogP contribution in [0.25, 0.3) is 0 Å². The Balaban J connectivity index is 2.73. The number of aryl methyl sites for hydroxylation is 2. The Labute approximate surface area is 99.5 Å². The van der Waals surface area contributed by atoms with Gasteiger partial charge in [0.1, 0.15) is 0 Å². The summed E-state index contributed by atoms with van der Waals surface area (Å²) < 4.78 is 0. The van der Waals surface area contributed by atoms with Gasteiger partial charge in [-0.25, -0.2) is 0 Å². The lowest BCUT2D eigenvalue weighted by Gasteiger charge is -2.25. The van der Waals surface area contributed by atoms with Gasteiger partial charge in [0.25, 0.3) is 0 Å². The summed E-state index contributed by atoms with van der Waals surface area (Å²) in [5.74, 6) is 0. The SMILES string of the molecule is Cc1ccc(C(N)CN(C)C(C)C)cc1C. The molecular weight excluding hydrogens is 196 g/mol. The van der Waals surface area contributed by atoms with Crippen molar-refractivity contribution in [3.05, 3.63) is 34.9 Å². The third-order valence-corrected chi connectivity index (χ3v) is 3.33. The van der Waals surface area contributed by atoms with Crippen molar-refractivity contribution in [3.8, 4) is 0 Å². The second-order valence-corrected chi connectivity index (χ2v) is 4.98. The summed E-state index contributed by atoms with van der Waals surface area (Å²) >= 11 is 0. The van der Waals surface area contributed by atoms with E-state index >= 15 is 0 Å². The summed E-state index contributed by atoms with van der Waals surface area (Å²) in [6.07, 6.45) is 0. The molecule has 0 aliphatic rings. The first-order chi connectivity index (χ1) is 7.41. The Kier molecular flexibility index (Phi) is 4.51. The fourth-order valence-electron chi connectivity index (χ4n) is 1.62. The van der Waals surface area contributed by atoms with Gasteiger partial charge in [-0.2, -0.15) is 0 Å². The lowest BCUT2D eigenvalue weighted by Crippen LogP contribution is -2.33. The second-order valence-electron chi connectivity index (χ2n) is 4.98. The van der Waals surface area contributed by atoms with E-state index in [1.807, 2.05) is 0 Å². The first kappa shape index (κ1) is 13.2. The van der Waals surface area contributed by atoms with E-state index in [0.29, 0.717) is 6.04 Å². The topological polar surface area (TPSA) is 29.3 Å². The summed E-state index contributed by atoms with van der Waals surface area (Å²) in [5.41, 5.74) is 10.1. The molecule has 2 N–H and O–H groups in total. The Morgan fingerprint density at radius 3 is 2.31 bits per heavy atom. The average Bonchev–Trinajstić information content (AvgIpc) is 2.21. The number of nitrogens with two attached hydrogens (primary N) is 1. The molecule has 0 saturated heterocycles. The van der Waals surface area contributed by atoms with E-state index < -0.39 is 0 Å². The molecule has 1 atom stereocenters. The minimum Gasteiger partial charge on any atom is -0.323 e. The van der Waals surface area contributed by atoms with Crippen LogP contribution in [-0.4, -0.2) is 24.5 Å². The van der Waals surface area contributed by atoms with Crippen LogP contribution in [0.1, 0.15) is 36.6 Å². The van der Waals surface area contributed by atoms with Gasteiger partial charge in [-0.3, -0.25) is 0 Å². The van der Waals surface area contributed by atoms with Crippen LogP contribution >= 0.6 is 0 Å². The minimum absolute atomic E-state index is 0.103. The molecule has 1 aromatic rings. The van der Waals surface area contributed by atoms with E-state index in [1.165, 1.54) is 16.7 Å². The third-order valence-electron chi connectivity index (χ3n) is 3.33. The van der Waals surface area contributed by atoms with E-state index in [1.54, 1.807) is 0 Å². The average molecular weight is 220 g/mol. The monoisotopic (exact) mass is 220 g/mol. The smallest absolute Gasteiger partial charge is 0.0424 e. The van der Waals surface area contributed by atoms with Crippen LogP contribution in [-0.2, 0) is 0 Å². The maximum Gasteiger partial charge on any atom is 0.0424 e. The van der Waals surface area contributed by atoms with Crippen molar-refractivity contribution in [3.63, 3.8) is 0 Å². The molecule has 0 bridgehead atoms. The highest BCUT2D eigenvalue weighted by Crippen LogP contribution is 2.16. The van der Waals surface area contributed by atoms with Crippen molar-refractivity contribution in [2.75, 3.05) is 13.6 Å². The van der Waals surface area contributed by atoms with Gasteiger partial charge in [-0.1, -0.05) is 18.2 Å². The number of benzene rings is 1. The first-order valence-electron chi connectivity index (χ1n) is 5.94. The maximum absolute atomic E-state index is 6.21. The fraction of sp³-hybridized carbons (Fsp3) is 0.571. The maximum atomic E-state index is 6.21. The van der Waals surface area contributed by atoms with E-state index in [9.17, 15) is 0 Å². The zero-order chi connectivity index (χ0) is 12.3. The molecule has 1 rings (SSSR count). The van der Waals surface area contributed by atoms with Crippen molar-refractivity contribution in [2.24, 2.45) is 5.73 Å². The van der Waals surface area contributed by atoms with Crippen molar-refractivity contribution in [1.82, 2.24) is 4.90 Å². The molecular formula is C14H24N2. The molecule has 16 heavy (non-hydrogen) atoms. The van der Waals surface area contributed by atoms with Gasteiger partial charge in [0.15, 0.2) is 0 Å². The largest absolute Gasteiger partial charge is 0.323 e. The molecule has 0 aliphatic carbocycles. The van der Waals surface area contributed by atoms with Crippen molar-refractivity contribution in [1.29, 1.82) is 0 Å². The molecule has 0 saturated carbocycles. The van der Waals surface area contributed by atoms with Crippen LogP contribution in [0.5, 0.6) is 0 Å². The van der Waals surface area contributed by atoms with Gasteiger partial charge < -0.3 is 10.6 Å². The van der Waals surface area contributed by atoms with Gasteiger partial charge in [-0.15, -0.1) is 0 Å². The molecule has 0 heterocycles. The molecule has 0 fully saturated rings. The van der Waals surface area contributed by atoms with Crippen LogP contribution in [0.3, 0.4) is 0 Å². The van der Waals surface area contributed by atoms with E-state index in [0.717, 1.165) is 6.54 Å². The molecule has 0 aromatic heterocycles. The molecule has 2 heteroatoms. The fourth-order valence-corrected chi connectivity index (χ4v) is 1.62. The zero-order valence-electron chi connectivity index (χ0n) is 11.1. The molecule has 2 nitrogen and oxygen atoms in total. The lowest BCUT2D eigenvalue weighted by molar-refractivity contribution is 0.257. The van der Waals surface area contributed by atoms with E-state index in [4.69, 9.17) is 5.73 Å². The summed E-state index contributed by atoms with van der Waals surface area (Å²) in [6, 6.07) is 7.14. The summed E-state index contributed by atoms with van der Waals surface area (Å²) in [4.78, 5) is 2.28. The molecule has 1 unspecified atom stereocenters. The number of hydrogen-bond donors (Lipinski definition) is 1. The van der Waals surface area contributed by atoms with Crippen molar-refractivity contribution >= 4 is 0 Å². The molecule has 0 aliphatic heterocycles. The summed E-state index contributed by atoms with van der Waals surface area (Å²) in [5, 5.41) is 0. The zero-order valence-corrected chi connectivity index (χ0v) is 11.1. The van der Waals surface area contributed by atoms with Crippen LogP contribution in [0.15, 0.2) is 18.2 Å². The van der Waals surface area contributed by atoms with Gasteiger partial charge >= 0.3 is 0 Å². The van der Waals surface area contributed by atoms with Gasteiger partial charge in [-0.05, 0) is 51.4 Å². The number of likely N-dealkylation sites (N-methyl/N-ethyl adjacent to an activating group) is 1. The molecule has 90 valence electrons. The normalized spacial score (nSPS) is 13.5. The Bertz CT molecular complexity index is 345. The van der Waals surface area contributed by atoms with E-state index in [-0.39, 0.29) is 6.04 Å². The standard InChI is InChI=1S/C14H24N2/c1-10(2)16(5)9-14(15)13-7-6-11(3)12(4)8-13/h6-8,10,14H,9,15H2,1-5H3. The summed E-state index contributed by atoms with van der Waals surface area (Å²) in [7, 11) is 2.12. The molecule has 0 amide bonds. The Hall–Kier alpha value is -0.860. The predicted octanol–water partition coefficient (Wildman–Crippen LogP) is 2.64. The number of nitrogens with zero attached hydrogens (tertiary/aromatic N) is 1. The Morgan fingerprint density at radius 1 is 1.19 bits per heavy atom. The minimum atomic E-state index is 0.103. The lowest BCUT2D eigenvalue weighted by atomic mass is 10.0. The molecule has 0 spiro atoms. The summed E-state index contributed by atoms with van der Waals surface area (Å²) in [6.45, 7) is 9.54. The van der Waals surface area contributed by atoms with Crippen LogP contribution in [0.2, 0.25) is 0 Å². The quantitative estimate of drug-likeness (QED) is 0.845. The van der Waals surface area contributed by atoms with Crippen LogP contribution < -0.4 is 5.73 Å². The van der Waals surface area contributed by atoms with E-state index in [2.05, 4.69) is 57.8 Å². The third kappa shape index (κ3) is 3.32. The molecule has 1 aromatic carbocycles. The predicted molar refractivity (Wildman–Crippen MR) is 70.6 cm³/mol.